The minimum absolute atomic E-state index is 0.0933. The Balaban J connectivity index is 2.63. The standard InChI is InChI=1S/C15H13F5O3/c1-8(2)23-12-10(9-6-4-3-5-7-9)11(21)13(12,22)14(16,17)15(18,19)20/h3-8,22H,1-2H3. The largest absolute Gasteiger partial charge is 0.491 e. The quantitative estimate of drug-likeness (QED) is 0.858. The predicted molar refractivity (Wildman–Crippen MR) is 70.5 cm³/mol. The summed E-state index contributed by atoms with van der Waals surface area (Å²) in [5.41, 5.74) is -4.44. The second kappa shape index (κ2) is 5.30. The van der Waals surface area contributed by atoms with E-state index in [1.54, 1.807) is 6.07 Å². The lowest BCUT2D eigenvalue weighted by atomic mass is 9.70. The van der Waals surface area contributed by atoms with Gasteiger partial charge in [0.1, 0.15) is 0 Å². The van der Waals surface area contributed by atoms with Crippen LogP contribution in [0, 0.1) is 0 Å². The molecule has 1 aliphatic carbocycles. The number of alkyl halides is 5. The molecule has 1 N–H and O–H groups in total. The molecule has 1 atom stereocenters. The molecule has 8 heteroatoms. The van der Waals surface area contributed by atoms with E-state index in [-0.39, 0.29) is 5.56 Å². The van der Waals surface area contributed by atoms with Gasteiger partial charge in [0, 0.05) is 0 Å². The number of ketones is 1. The van der Waals surface area contributed by atoms with Crippen molar-refractivity contribution in [3.8, 4) is 0 Å². The number of hydrogen-bond acceptors (Lipinski definition) is 3. The molecular weight excluding hydrogens is 323 g/mol. The van der Waals surface area contributed by atoms with Gasteiger partial charge in [-0.1, -0.05) is 30.3 Å². The molecule has 1 aromatic rings. The Bertz CT molecular complexity index is 649. The Morgan fingerprint density at radius 1 is 1.09 bits per heavy atom. The fraction of sp³-hybridized carbons (Fsp3) is 0.400. The van der Waals surface area contributed by atoms with E-state index in [1.807, 2.05) is 0 Å². The highest BCUT2D eigenvalue weighted by Crippen LogP contribution is 2.55. The van der Waals surface area contributed by atoms with Crippen LogP contribution < -0.4 is 0 Å². The van der Waals surface area contributed by atoms with Crippen LogP contribution in [-0.4, -0.2) is 34.7 Å². The summed E-state index contributed by atoms with van der Waals surface area (Å²) in [6, 6.07) is 7.22. The molecule has 1 unspecified atom stereocenters. The molecule has 0 saturated carbocycles. The van der Waals surface area contributed by atoms with Crippen LogP contribution in [0.15, 0.2) is 36.1 Å². The van der Waals surface area contributed by atoms with Crippen LogP contribution in [0.1, 0.15) is 19.4 Å². The van der Waals surface area contributed by atoms with Crippen molar-refractivity contribution >= 4 is 11.4 Å². The van der Waals surface area contributed by atoms with Gasteiger partial charge in [0.05, 0.1) is 11.7 Å². The minimum Gasteiger partial charge on any atom is -0.491 e. The van der Waals surface area contributed by atoms with Crippen molar-refractivity contribution in [2.75, 3.05) is 0 Å². The van der Waals surface area contributed by atoms with Crippen molar-refractivity contribution in [1.82, 2.24) is 0 Å². The molecule has 2 rings (SSSR count). The van der Waals surface area contributed by atoms with Crippen LogP contribution in [0.2, 0.25) is 0 Å². The van der Waals surface area contributed by atoms with Crippen LogP contribution >= 0.6 is 0 Å². The monoisotopic (exact) mass is 336 g/mol. The minimum atomic E-state index is -6.11. The maximum atomic E-state index is 13.7. The fourth-order valence-corrected chi connectivity index (χ4v) is 2.24. The topological polar surface area (TPSA) is 46.5 Å². The Morgan fingerprint density at radius 2 is 1.61 bits per heavy atom. The zero-order chi connectivity index (χ0) is 17.6. The lowest BCUT2D eigenvalue weighted by molar-refractivity contribution is -0.332. The van der Waals surface area contributed by atoms with E-state index < -0.39 is 40.9 Å². The lowest BCUT2D eigenvalue weighted by Gasteiger charge is -2.44. The van der Waals surface area contributed by atoms with Crippen LogP contribution in [0.3, 0.4) is 0 Å². The van der Waals surface area contributed by atoms with Crippen LogP contribution in [0.4, 0.5) is 22.0 Å². The molecule has 0 spiro atoms. The molecule has 0 radical (unpaired) electrons. The predicted octanol–water partition coefficient (Wildman–Crippen LogP) is 3.33. The van der Waals surface area contributed by atoms with Gasteiger partial charge >= 0.3 is 12.1 Å². The van der Waals surface area contributed by atoms with E-state index in [2.05, 4.69) is 0 Å². The number of benzene rings is 1. The number of hydrogen-bond donors (Lipinski definition) is 1. The maximum absolute atomic E-state index is 13.7. The molecule has 3 nitrogen and oxygen atoms in total. The maximum Gasteiger partial charge on any atom is 0.457 e. The second-order valence-corrected chi connectivity index (χ2v) is 5.35. The smallest absolute Gasteiger partial charge is 0.457 e. The van der Waals surface area contributed by atoms with Gasteiger partial charge in [0.25, 0.3) is 5.60 Å². The molecule has 0 aromatic heterocycles. The van der Waals surface area contributed by atoms with Gasteiger partial charge < -0.3 is 9.84 Å². The lowest BCUT2D eigenvalue weighted by Crippen LogP contribution is -2.68. The summed E-state index contributed by atoms with van der Waals surface area (Å²) in [4.78, 5) is 12.0. The summed E-state index contributed by atoms with van der Waals surface area (Å²) >= 11 is 0. The van der Waals surface area contributed by atoms with Gasteiger partial charge in [-0.2, -0.15) is 22.0 Å². The number of ether oxygens (including phenoxy) is 1. The first-order valence-electron chi connectivity index (χ1n) is 6.63. The number of Topliss-reactive ketones (excluding diaryl/α,β-unsaturated/α-hetero) is 1. The molecule has 1 aromatic carbocycles. The van der Waals surface area contributed by atoms with Crippen molar-refractivity contribution in [2.45, 2.75) is 37.7 Å². The van der Waals surface area contributed by atoms with Gasteiger partial charge in [0.15, 0.2) is 5.76 Å². The van der Waals surface area contributed by atoms with Crippen molar-refractivity contribution in [1.29, 1.82) is 0 Å². The summed E-state index contributed by atoms with van der Waals surface area (Å²) in [5.74, 6) is -8.45. The molecular formula is C15H13F5O3. The third kappa shape index (κ3) is 2.41. The van der Waals surface area contributed by atoms with E-state index in [0.29, 0.717) is 0 Å². The molecule has 0 bridgehead atoms. The van der Waals surface area contributed by atoms with Crippen molar-refractivity contribution in [2.24, 2.45) is 0 Å². The van der Waals surface area contributed by atoms with E-state index in [0.717, 1.165) is 0 Å². The highest BCUT2D eigenvalue weighted by Gasteiger charge is 2.79. The Kier molecular flexibility index (Phi) is 4.00. The van der Waals surface area contributed by atoms with Gasteiger partial charge in [-0.3, -0.25) is 4.79 Å². The van der Waals surface area contributed by atoms with Crippen molar-refractivity contribution in [3.05, 3.63) is 41.7 Å². The summed E-state index contributed by atoms with van der Waals surface area (Å²) in [7, 11) is 0. The van der Waals surface area contributed by atoms with Gasteiger partial charge in [0.2, 0.25) is 5.78 Å². The average Bonchev–Trinajstić information content (AvgIpc) is 2.45. The third-order valence-corrected chi connectivity index (χ3v) is 3.34. The fourth-order valence-electron chi connectivity index (χ4n) is 2.24. The zero-order valence-corrected chi connectivity index (χ0v) is 12.1. The number of aliphatic hydroxyl groups is 1. The first kappa shape index (κ1) is 17.4. The second-order valence-electron chi connectivity index (χ2n) is 5.35. The highest BCUT2D eigenvalue weighted by molar-refractivity contribution is 6.34. The van der Waals surface area contributed by atoms with Crippen LogP contribution in [-0.2, 0) is 9.53 Å². The molecule has 0 aliphatic heterocycles. The molecule has 126 valence electrons. The molecule has 1 aliphatic rings. The molecule has 23 heavy (non-hydrogen) atoms. The molecule has 0 amide bonds. The Hall–Kier alpha value is -1.96. The van der Waals surface area contributed by atoms with Crippen molar-refractivity contribution < 1.29 is 36.6 Å². The van der Waals surface area contributed by atoms with Gasteiger partial charge in [-0.15, -0.1) is 0 Å². The molecule has 0 saturated heterocycles. The Morgan fingerprint density at radius 3 is 2.04 bits per heavy atom. The summed E-state index contributed by atoms with van der Waals surface area (Å²) in [6.07, 6.45) is -6.92. The van der Waals surface area contributed by atoms with E-state index in [9.17, 15) is 31.9 Å². The Labute approximate surface area is 128 Å². The van der Waals surface area contributed by atoms with Gasteiger partial charge in [-0.05, 0) is 19.4 Å². The molecule has 0 fully saturated rings. The highest BCUT2D eigenvalue weighted by atomic mass is 19.4. The van der Waals surface area contributed by atoms with E-state index >= 15 is 0 Å². The summed E-state index contributed by atoms with van der Waals surface area (Å²) in [6.45, 7) is 2.76. The number of rotatable bonds is 4. The first-order chi connectivity index (χ1) is 10.4. The summed E-state index contributed by atoms with van der Waals surface area (Å²) in [5, 5.41) is 9.88. The first-order valence-corrected chi connectivity index (χ1v) is 6.63. The number of carbonyl (C=O) groups is 1. The van der Waals surface area contributed by atoms with E-state index in [4.69, 9.17) is 4.74 Å². The number of halogens is 5. The normalized spacial score (nSPS) is 22.4. The molecule has 0 heterocycles. The average molecular weight is 336 g/mol. The van der Waals surface area contributed by atoms with Crippen LogP contribution in [0.25, 0.3) is 5.57 Å². The van der Waals surface area contributed by atoms with Gasteiger partial charge in [-0.25, -0.2) is 0 Å². The SMILES string of the molecule is CC(C)OC1=C(c2ccccc2)C(=O)C1(O)C(F)(F)C(F)(F)F. The summed E-state index contributed by atoms with van der Waals surface area (Å²) < 4.78 is 70.2. The van der Waals surface area contributed by atoms with E-state index in [1.165, 1.54) is 38.1 Å². The zero-order valence-electron chi connectivity index (χ0n) is 12.1. The van der Waals surface area contributed by atoms with Crippen LogP contribution in [0.5, 0.6) is 0 Å². The van der Waals surface area contributed by atoms with Crippen molar-refractivity contribution in [3.63, 3.8) is 0 Å². The third-order valence-electron chi connectivity index (χ3n) is 3.34. The number of carbonyl (C=O) groups excluding carboxylic acids is 1.